The first-order valence-electron chi connectivity index (χ1n) is 7.51. The first-order chi connectivity index (χ1) is 10.2. The molecule has 21 heavy (non-hydrogen) atoms. The van der Waals surface area contributed by atoms with Crippen molar-refractivity contribution < 1.29 is 14.2 Å². The average molecular weight is 292 g/mol. The normalized spacial score (nSPS) is 25.9. The van der Waals surface area contributed by atoms with Crippen molar-refractivity contribution in [2.24, 2.45) is 5.73 Å². The highest BCUT2D eigenvalue weighted by atomic mass is 16.5. The third-order valence-corrected chi connectivity index (χ3v) is 4.55. The number of rotatable bonds is 5. The molecule has 1 heterocycles. The van der Waals surface area contributed by atoms with E-state index in [-0.39, 0.29) is 12.1 Å². The fraction of sp³-hybridized carbons (Fsp3) is 0.625. The summed E-state index contributed by atoms with van der Waals surface area (Å²) in [5.74, 6) is 2.07. The molecular formula is C16H24N2O3. The molecule has 1 aliphatic heterocycles. The van der Waals surface area contributed by atoms with Gasteiger partial charge in [0.2, 0.25) is 5.75 Å². The second kappa shape index (κ2) is 5.73. The summed E-state index contributed by atoms with van der Waals surface area (Å²) >= 11 is 0. The van der Waals surface area contributed by atoms with Crippen LogP contribution in [-0.4, -0.2) is 44.9 Å². The minimum Gasteiger partial charge on any atom is -0.493 e. The summed E-state index contributed by atoms with van der Waals surface area (Å²) in [4.78, 5) is 2.52. The van der Waals surface area contributed by atoms with Gasteiger partial charge in [0.15, 0.2) is 11.5 Å². The van der Waals surface area contributed by atoms with Gasteiger partial charge < -0.3 is 19.9 Å². The molecule has 0 radical (unpaired) electrons. The van der Waals surface area contributed by atoms with Crippen LogP contribution >= 0.6 is 0 Å². The lowest BCUT2D eigenvalue weighted by atomic mass is 9.98. The first kappa shape index (κ1) is 14.5. The predicted molar refractivity (Wildman–Crippen MR) is 81.2 cm³/mol. The summed E-state index contributed by atoms with van der Waals surface area (Å²) in [7, 11) is 4.94. The Kier molecular flexibility index (Phi) is 3.95. The van der Waals surface area contributed by atoms with E-state index in [0.29, 0.717) is 17.5 Å². The van der Waals surface area contributed by atoms with Gasteiger partial charge in [0, 0.05) is 24.2 Å². The molecule has 0 aromatic heterocycles. The zero-order chi connectivity index (χ0) is 15.0. The van der Waals surface area contributed by atoms with Gasteiger partial charge in [0.1, 0.15) is 0 Å². The van der Waals surface area contributed by atoms with Gasteiger partial charge in [-0.15, -0.1) is 0 Å². The number of likely N-dealkylation sites (tertiary alicyclic amines) is 1. The minimum absolute atomic E-state index is 0.137. The number of hydrogen-bond donors (Lipinski definition) is 1. The third-order valence-electron chi connectivity index (χ3n) is 4.55. The summed E-state index contributed by atoms with van der Waals surface area (Å²) in [5.41, 5.74) is 7.49. The Morgan fingerprint density at radius 3 is 2.29 bits per heavy atom. The maximum Gasteiger partial charge on any atom is 0.203 e. The van der Waals surface area contributed by atoms with Crippen LogP contribution in [0.5, 0.6) is 17.2 Å². The molecule has 1 aliphatic carbocycles. The van der Waals surface area contributed by atoms with Gasteiger partial charge in [0.25, 0.3) is 0 Å². The molecule has 1 aromatic rings. The van der Waals surface area contributed by atoms with Crippen molar-refractivity contribution in [3.8, 4) is 17.2 Å². The fourth-order valence-electron chi connectivity index (χ4n) is 3.42. The van der Waals surface area contributed by atoms with E-state index in [0.717, 1.165) is 24.3 Å². The van der Waals surface area contributed by atoms with E-state index < -0.39 is 0 Å². The van der Waals surface area contributed by atoms with Crippen LogP contribution in [0.2, 0.25) is 0 Å². The largest absolute Gasteiger partial charge is 0.493 e. The van der Waals surface area contributed by atoms with Crippen molar-refractivity contribution in [1.29, 1.82) is 0 Å². The van der Waals surface area contributed by atoms with Crippen LogP contribution in [0, 0.1) is 0 Å². The summed E-state index contributed by atoms with van der Waals surface area (Å²) in [6.07, 6.45) is 3.58. The Morgan fingerprint density at radius 1 is 1.00 bits per heavy atom. The molecule has 2 fully saturated rings. The standard InChI is InChI=1S/C16H24N2O3/c1-19-13-7-6-11(15(20-2)16(13)21-3)14-12(17)8-9-18(14)10-4-5-10/h6-7,10,12,14H,4-5,8-9,17H2,1-3H3. The van der Waals surface area contributed by atoms with Crippen LogP contribution in [0.3, 0.4) is 0 Å². The van der Waals surface area contributed by atoms with Crippen LogP contribution in [0.1, 0.15) is 30.9 Å². The van der Waals surface area contributed by atoms with Crippen molar-refractivity contribution in [2.75, 3.05) is 27.9 Å². The zero-order valence-electron chi connectivity index (χ0n) is 13.0. The second-order valence-corrected chi connectivity index (χ2v) is 5.79. The maximum absolute atomic E-state index is 6.38. The highest BCUT2D eigenvalue weighted by Gasteiger charge is 2.43. The third kappa shape index (κ3) is 2.45. The highest BCUT2D eigenvalue weighted by Crippen LogP contribution is 2.48. The molecule has 3 rings (SSSR count). The lowest BCUT2D eigenvalue weighted by Gasteiger charge is -2.29. The molecular weight excluding hydrogens is 268 g/mol. The van der Waals surface area contributed by atoms with Crippen LogP contribution in [0.4, 0.5) is 0 Å². The molecule has 0 bridgehead atoms. The summed E-state index contributed by atoms with van der Waals surface area (Å²) in [5, 5.41) is 0. The molecule has 2 aliphatic rings. The molecule has 2 N–H and O–H groups in total. The molecule has 5 heteroatoms. The Labute approximate surface area is 126 Å². The molecule has 2 unspecified atom stereocenters. The van der Waals surface area contributed by atoms with Gasteiger partial charge in [-0.2, -0.15) is 0 Å². The molecule has 0 spiro atoms. The van der Waals surface area contributed by atoms with Crippen molar-refractivity contribution in [3.63, 3.8) is 0 Å². The number of ether oxygens (including phenoxy) is 3. The number of hydrogen-bond acceptors (Lipinski definition) is 5. The van der Waals surface area contributed by atoms with E-state index >= 15 is 0 Å². The average Bonchev–Trinajstić information content (AvgIpc) is 3.28. The van der Waals surface area contributed by atoms with E-state index in [1.807, 2.05) is 6.07 Å². The SMILES string of the molecule is COc1ccc(C2C(N)CCN2C2CC2)c(OC)c1OC. The second-order valence-electron chi connectivity index (χ2n) is 5.79. The van der Waals surface area contributed by atoms with Crippen molar-refractivity contribution in [3.05, 3.63) is 17.7 Å². The number of nitrogens with zero attached hydrogens (tertiary/aromatic N) is 1. The van der Waals surface area contributed by atoms with E-state index in [4.69, 9.17) is 19.9 Å². The van der Waals surface area contributed by atoms with Crippen LogP contribution < -0.4 is 19.9 Å². The predicted octanol–water partition coefficient (Wildman–Crippen LogP) is 1.95. The van der Waals surface area contributed by atoms with Gasteiger partial charge in [-0.25, -0.2) is 0 Å². The Bertz CT molecular complexity index is 516. The van der Waals surface area contributed by atoms with Gasteiger partial charge in [0.05, 0.1) is 27.4 Å². The molecule has 2 atom stereocenters. The van der Waals surface area contributed by atoms with E-state index in [1.54, 1.807) is 21.3 Å². The van der Waals surface area contributed by atoms with Gasteiger partial charge >= 0.3 is 0 Å². The molecule has 0 amide bonds. The summed E-state index contributed by atoms with van der Waals surface area (Å²) in [6.45, 7) is 1.06. The Hall–Kier alpha value is -1.46. The lowest BCUT2D eigenvalue weighted by molar-refractivity contribution is 0.229. The van der Waals surface area contributed by atoms with Crippen molar-refractivity contribution in [2.45, 2.75) is 37.4 Å². The monoisotopic (exact) mass is 292 g/mol. The fourth-order valence-corrected chi connectivity index (χ4v) is 3.42. The van der Waals surface area contributed by atoms with Crippen molar-refractivity contribution >= 4 is 0 Å². The Morgan fingerprint density at radius 2 is 1.71 bits per heavy atom. The highest BCUT2D eigenvalue weighted by molar-refractivity contribution is 5.57. The number of benzene rings is 1. The number of nitrogens with two attached hydrogens (primary N) is 1. The van der Waals surface area contributed by atoms with Gasteiger partial charge in [-0.1, -0.05) is 0 Å². The molecule has 1 saturated carbocycles. The molecule has 1 saturated heterocycles. The first-order valence-corrected chi connectivity index (χ1v) is 7.51. The van der Waals surface area contributed by atoms with Crippen molar-refractivity contribution in [1.82, 2.24) is 4.90 Å². The Balaban J connectivity index is 2.04. The molecule has 1 aromatic carbocycles. The van der Waals surface area contributed by atoms with Crippen LogP contribution in [0.25, 0.3) is 0 Å². The van der Waals surface area contributed by atoms with E-state index in [2.05, 4.69) is 11.0 Å². The molecule has 116 valence electrons. The van der Waals surface area contributed by atoms with Gasteiger partial charge in [-0.05, 0) is 31.4 Å². The van der Waals surface area contributed by atoms with Crippen LogP contribution in [0.15, 0.2) is 12.1 Å². The molecule has 5 nitrogen and oxygen atoms in total. The minimum atomic E-state index is 0.137. The zero-order valence-corrected chi connectivity index (χ0v) is 13.0. The van der Waals surface area contributed by atoms with E-state index in [9.17, 15) is 0 Å². The van der Waals surface area contributed by atoms with E-state index in [1.165, 1.54) is 12.8 Å². The lowest BCUT2D eigenvalue weighted by Crippen LogP contribution is -2.33. The smallest absolute Gasteiger partial charge is 0.203 e. The maximum atomic E-state index is 6.38. The number of methoxy groups -OCH3 is 3. The quantitative estimate of drug-likeness (QED) is 0.899. The summed E-state index contributed by atoms with van der Waals surface area (Å²) in [6, 6.07) is 5.02. The topological polar surface area (TPSA) is 57.0 Å². The summed E-state index contributed by atoms with van der Waals surface area (Å²) < 4.78 is 16.5. The van der Waals surface area contributed by atoms with Crippen LogP contribution in [-0.2, 0) is 0 Å². The van der Waals surface area contributed by atoms with Gasteiger partial charge in [-0.3, -0.25) is 4.90 Å².